The third kappa shape index (κ3) is 4.00. The van der Waals surface area contributed by atoms with Gasteiger partial charge in [0.15, 0.2) is 0 Å². The Bertz CT molecular complexity index is 332. The van der Waals surface area contributed by atoms with Gasteiger partial charge in [-0.3, -0.25) is 11.3 Å². The highest BCUT2D eigenvalue weighted by Gasteiger charge is 2.50. The Morgan fingerprint density at radius 2 is 1.76 bits per heavy atom. The third-order valence-corrected chi connectivity index (χ3v) is 5.87. The maximum absolute atomic E-state index is 6.29. The molecule has 0 bridgehead atoms. The van der Waals surface area contributed by atoms with Crippen LogP contribution in [0.4, 0.5) is 0 Å². The predicted molar refractivity (Wildman–Crippen MR) is 88.8 cm³/mol. The van der Waals surface area contributed by atoms with Crippen molar-refractivity contribution in [2.45, 2.75) is 96.8 Å². The van der Waals surface area contributed by atoms with Gasteiger partial charge in [0.2, 0.25) is 0 Å². The van der Waals surface area contributed by atoms with Crippen LogP contribution in [-0.2, 0) is 4.74 Å². The van der Waals surface area contributed by atoms with Crippen molar-refractivity contribution in [3.63, 3.8) is 0 Å². The molecule has 1 aliphatic heterocycles. The van der Waals surface area contributed by atoms with Crippen LogP contribution in [0.5, 0.6) is 0 Å². The van der Waals surface area contributed by atoms with Crippen LogP contribution in [0, 0.1) is 17.8 Å². The molecule has 21 heavy (non-hydrogen) atoms. The Balaban J connectivity index is 2.00. The molecule has 1 saturated carbocycles. The molecule has 0 spiro atoms. The Kier molecular flexibility index (Phi) is 5.38. The first-order valence-electron chi connectivity index (χ1n) is 8.95. The molecular formula is C18H36N2O. The number of rotatable bonds is 5. The highest BCUT2D eigenvalue weighted by atomic mass is 16.5. The second-order valence-corrected chi connectivity index (χ2v) is 8.54. The first-order chi connectivity index (χ1) is 9.79. The summed E-state index contributed by atoms with van der Waals surface area (Å²) >= 11 is 0. The Morgan fingerprint density at radius 1 is 1.14 bits per heavy atom. The minimum atomic E-state index is -0.0825. The van der Waals surface area contributed by atoms with E-state index in [0.29, 0.717) is 17.9 Å². The van der Waals surface area contributed by atoms with E-state index in [1.165, 1.54) is 38.5 Å². The maximum Gasteiger partial charge on any atom is 0.0678 e. The molecule has 3 N–H and O–H groups in total. The summed E-state index contributed by atoms with van der Waals surface area (Å²) in [7, 11) is 0. The fourth-order valence-corrected chi connectivity index (χ4v) is 4.99. The van der Waals surface area contributed by atoms with Gasteiger partial charge in [0.1, 0.15) is 0 Å². The zero-order chi connectivity index (χ0) is 15.7. The first-order valence-corrected chi connectivity index (χ1v) is 8.95. The van der Waals surface area contributed by atoms with Gasteiger partial charge in [-0.05, 0) is 58.8 Å². The standard InChI is InChI=1S/C18H36N2O/c1-6-7-13-8-10-14(11-9-13)16(20-19)15-12-17(2,3)21-18(15,4)5/h13-16,20H,6-12,19H2,1-5H3. The molecule has 1 saturated heterocycles. The average molecular weight is 296 g/mol. The monoisotopic (exact) mass is 296 g/mol. The van der Waals surface area contributed by atoms with Gasteiger partial charge in [0, 0.05) is 12.0 Å². The van der Waals surface area contributed by atoms with Gasteiger partial charge in [0.05, 0.1) is 11.2 Å². The molecule has 0 radical (unpaired) electrons. The summed E-state index contributed by atoms with van der Waals surface area (Å²) in [4.78, 5) is 0. The van der Waals surface area contributed by atoms with E-state index in [9.17, 15) is 0 Å². The van der Waals surface area contributed by atoms with Crippen LogP contribution in [0.2, 0.25) is 0 Å². The van der Waals surface area contributed by atoms with Crippen molar-refractivity contribution in [2.24, 2.45) is 23.6 Å². The fourth-order valence-electron chi connectivity index (χ4n) is 4.99. The molecule has 1 heterocycles. The van der Waals surface area contributed by atoms with Gasteiger partial charge in [-0.2, -0.15) is 0 Å². The molecule has 3 heteroatoms. The van der Waals surface area contributed by atoms with E-state index in [0.717, 1.165) is 12.3 Å². The molecule has 124 valence electrons. The van der Waals surface area contributed by atoms with Gasteiger partial charge in [-0.15, -0.1) is 0 Å². The molecule has 0 amide bonds. The molecule has 1 aliphatic carbocycles. The van der Waals surface area contributed by atoms with Crippen LogP contribution in [0.3, 0.4) is 0 Å². The zero-order valence-electron chi connectivity index (χ0n) is 14.7. The lowest BCUT2D eigenvalue weighted by molar-refractivity contribution is -0.0804. The lowest BCUT2D eigenvalue weighted by Gasteiger charge is -2.40. The molecule has 0 aromatic heterocycles. The van der Waals surface area contributed by atoms with Crippen molar-refractivity contribution in [3.05, 3.63) is 0 Å². The highest BCUT2D eigenvalue weighted by molar-refractivity contribution is 5.01. The van der Waals surface area contributed by atoms with E-state index < -0.39 is 0 Å². The number of hydrogen-bond donors (Lipinski definition) is 2. The quantitative estimate of drug-likeness (QED) is 0.595. The number of nitrogens with two attached hydrogens (primary N) is 1. The smallest absolute Gasteiger partial charge is 0.0678 e. The van der Waals surface area contributed by atoms with Gasteiger partial charge in [0.25, 0.3) is 0 Å². The summed E-state index contributed by atoms with van der Waals surface area (Å²) < 4.78 is 6.29. The number of ether oxygens (including phenoxy) is 1. The summed E-state index contributed by atoms with van der Waals surface area (Å²) in [6.45, 7) is 11.2. The lowest BCUT2D eigenvalue weighted by Crippen LogP contribution is -2.51. The molecule has 2 fully saturated rings. The molecule has 2 atom stereocenters. The summed E-state index contributed by atoms with van der Waals surface area (Å²) in [5.41, 5.74) is 3.07. The summed E-state index contributed by atoms with van der Waals surface area (Å²) in [5.74, 6) is 8.15. The molecule has 2 rings (SSSR count). The minimum Gasteiger partial charge on any atom is -0.369 e. The van der Waals surface area contributed by atoms with Gasteiger partial charge >= 0.3 is 0 Å². The SMILES string of the molecule is CCCC1CCC(C(NN)C2CC(C)(C)OC2(C)C)CC1. The van der Waals surface area contributed by atoms with Gasteiger partial charge in [-0.25, -0.2) is 0 Å². The largest absolute Gasteiger partial charge is 0.369 e. The van der Waals surface area contributed by atoms with E-state index >= 15 is 0 Å². The zero-order valence-corrected chi connectivity index (χ0v) is 14.7. The predicted octanol–water partition coefficient (Wildman–Crippen LogP) is 4.02. The van der Waals surface area contributed by atoms with Crippen molar-refractivity contribution in [2.75, 3.05) is 0 Å². The van der Waals surface area contributed by atoms with Crippen LogP contribution in [-0.4, -0.2) is 17.2 Å². The van der Waals surface area contributed by atoms with Crippen LogP contribution in [0.1, 0.15) is 79.6 Å². The Labute approximate surface area is 131 Å². The van der Waals surface area contributed by atoms with E-state index in [-0.39, 0.29) is 11.2 Å². The lowest BCUT2D eigenvalue weighted by atomic mass is 9.70. The molecular weight excluding hydrogens is 260 g/mol. The third-order valence-electron chi connectivity index (χ3n) is 5.87. The average Bonchev–Trinajstić information content (AvgIpc) is 2.61. The van der Waals surface area contributed by atoms with Crippen molar-refractivity contribution in [1.29, 1.82) is 0 Å². The second-order valence-electron chi connectivity index (χ2n) is 8.54. The molecule has 3 nitrogen and oxygen atoms in total. The second kappa shape index (κ2) is 6.55. The Hall–Kier alpha value is -0.120. The summed E-state index contributed by atoms with van der Waals surface area (Å²) in [6, 6.07) is 0.393. The normalized spacial score (nSPS) is 36.6. The minimum absolute atomic E-state index is 0.0251. The van der Waals surface area contributed by atoms with Crippen LogP contribution < -0.4 is 11.3 Å². The van der Waals surface area contributed by atoms with E-state index in [1.54, 1.807) is 0 Å². The van der Waals surface area contributed by atoms with E-state index in [2.05, 4.69) is 40.0 Å². The number of hydrogen-bond acceptors (Lipinski definition) is 3. The fraction of sp³-hybridized carbons (Fsp3) is 1.00. The van der Waals surface area contributed by atoms with E-state index in [4.69, 9.17) is 10.6 Å². The number of hydrazine groups is 1. The molecule has 0 aromatic rings. The van der Waals surface area contributed by atoms with Gasteiger partial charge in [-0.1, -0.05) is 32.6 Å². The molecule has 2 unspecified atom stereocenters. The van der Waals surface area contributed by atoms with Crippen molar-refractivity contribution >= 4 is 0 Å². The van der Waals surface area contributed by atoms with Crippen molar-refractivity contribution in [3.8, 4) is 0 Å². The summed E-state index contributed by atoms with van der Waals surface area (Å²) in [6.07, 6.45) is 9.25. The molecule has 0 aromatic carbocycles. The van der Waals surface area contributed by atoms with Crippen molar-refractivity contribution in [1.82, 2.24) is 5.43 Å². The van der Waals surface area contributed by atoms with Crippen molar-refractivity contribution < 1.29 is 4.74 Å². The van der Waals surface area contributed by atoms with E-state index in [1.807, 2.05) is 0 Å². The van der Waals surface area contributed by atoms with Gasteiger partial charge < -0.3 is 4.74 Å². The first kappa shape index (κ1) is 17.2. The maximum atomic E-state index is 6.29. The highest BCUT2D eigenvalue weighted by Crippen LogP contribution is 2.47. The van der Waals surface area contributed by atoms with Crippen LogP contribution in [0.25, 0.3) is 0 Å². The Morgan fingerprint density at radius 3 is 2.19 bits per heavy atom. The van der Waals surface area contributed by atoms with Crippen LogP contribution >= 0.6 is 0 Å². The number of nitrogens with one attached hydrogen (secondary N) is 1. The topological polar surface area (TPSA) is 47.3 Å². The molecule has 2 aliphatic rings. The van der Waals surface area contributed by atoms with Crippen LogP contribution in [0.15, 0.2) is 0 Å². The summed E-state index contributed by atoms with van der Waals surface area (Å²) in [5, 5.41) is 0.